The zero-order valence-electron chi connectivity index (χ0n) is 18.4. The van der Waals surface area contributed by atoms with Gasteiger partial charge >= 0.3 is 12.1 Å². The molecule has 1 aliphatic carbocycles. The zero-order chi connectivity index (χ0) is 25.5. The van der Waals surface area contributed by atoms with Crippen LogP contribution in [0.3, 0.4) is 0 Å². The summed E-state index contributed by atoms with van der Waals surface area (Å²) in [4.78, 5) is 45.1. The quantitative estimate of drug-likeness (QED) is 0.446. The van der Waals surface area contributed by atoms with E-state index in [0.29, 0.717) is 5.56 Å². The lowest BCUT2D eigenvalue weighted by Gasteiger charge is -2.56. The first-order valence-electron chi connectivity index (χ1n) is 10.7. The molecule has 2 fully saturated rings. The van der Waals surface area contributed by atoms with Crippen molar-refractivity contribution in [3.63, 3.8) is 0 Å². The molecule has 186 valence electrons. The average Bonchev–Trinajstić information content (AvgIpc) is 2.75. The minimum absolute atomic E-state index is 0.00620. The van der Waals surface area contributed by atoms with Crippen LogP contribution in [0.1, 0.15) is 30.9 Å². The van der Waals surface area contributed by atoms with Crippen molar-refractivity contribution in [1.82, 2.24) is 9.88 Å². The summed E-state index contributed by atoms with van der Waals surface area (Å²) in [5.41, 5.74) is -1.98. The van der Waals surface area contributed by atoms with Gasteiger partial charge in [0.15, 0.2) is 11.6 Å². The second-order valence-electron chi connectivity index (χ2n) is 8.41. The number of piperazine rings is 1. The number of hydrogen-bond donors (Lipinski definition) is 0. The van der Waals surface area contributed by atoms with Gasteiger partial charge in [-0.1, -0.05) is 23.7 Å². The number of carbonyl (C=O) groups is 3. The number of rotatable bonds is 5. The van der Waals surface area contributed by atoms with E-state index in [0.717, 1.165) is 29.3 Å². The Morgan fingerprint density at radius 2 is 1.89 bits per heavy atom. The van der Waals surface area contributed by atoms with Gasteiger partial charge in [0.25, 0.3) is 5.91 Å². The zero-order valence-corrected chi connectivity index (χ0v) is 19.2. The standard InChI is InChI=1S/C23H20ClF4N3O4/c1-2-35-20(33)14-8-22(9-14)21(34)30(19-17(25)7-16(24)10-29-19)12-18(32)31(22)11-13-3-5-15(6-4-13)23(26,27)28/h3-7,10,14H,2,8-9,11-12H2,1H3/t14-,22+. The molecule has 7 nitrogen and oxygen atoms in total. The Kier molecular flexibility index (Phi) is 6.48. The van der Waals surface area contributed by atoms with Gasteiger partial charge in [0.2, 0.25) is 5.91 Å². The highest BCUT2D eigenvalue weighted by Gasteiger charge is 2.62. The largest absolute Gasteiger partial charge is 0.466 e. The van der Waals surface area contributed by atoms with Crippen LogP contribution >= 0.6 is 11.6 Å². The van der Waals surface area contributed by atoms with E-state index in [2.05, 4.69) is 4.98 Å². The molecule has 4 rings (SSSR count). The topological polar surface area (TPSA) is 79.8 Å². The molecule has 0 atom stereocenters. The van der Waals surface area contributed by atoms with Crippen LogP contribution in [0.4, 0.5) is 23.4 Å². The fourth-order valence-corrected chi connectivity index (χ4v) is 4.62. The fourth-order valence-electron chi connectivity index (χ4n) is 4.47. The molecule has 12 heteroatoms. The Hall–Kier alpha value is -3.21. The van der Waals surface area contributed by atoms with Crippen molar-refractivity contribution in [2.75, 3.05) is 18.1 Å². The third-order valence-electron chi connectivity index (χ3n) is 6.21. The van der Waals surface area contributed by atoms with E-state index in [1.54, 1.807) is 6.92 Å². The number of amides is 2. The number of benzene rings is 1. The molecule has 0 unspecified atom stereocenters. The molecule has 2 amide bonds. The van der Waals surface area contributed by atoms with Crippen LogP contribution < -0.4 is 4.90 Å². The minimum Gasteiger partial charge on any atom is -0.466 e. The van der Waals surface area contributed by atoms with Crippen molar-refractivity contribution in [3.05, 3.63) is 58.5 Å². The summed E-state index contributed by atoms with van der Waals surface area (Å²) in [5.74, 6) is -3.67. The Balaban J connectivity index is 1.66. The highest BCUT2D eigenvalue weighted by molar-refractivity contribution is 6.30. The van der Waals surface area contributed by atoms with Gasteiger partial charge in [-0.05, 0) is 43.5 Å². The molecule has 1 spiro atoms. The summed E-state index contributed by atoms with van der Waals surface area (Å²) in [7, 11) is 0. The van der Waals surface area contributed by atoms with Gasteiger partial charge in [-0.25, -0.2) is 9.37 Å². The van der Waals surface area contributed by atoms with Crippen LogP contribution in [-0.4, -0.2) is 46.4 Å². The van der Waals surface area contributed by atoms with E-state index in [4.69, 9.17) is 16.3 Å². The van der Waals surface area contributed by atoms with Gasteiger partial charge in [0, 0.05) is 12.7 Å². The number of ether oxygens (including phenoxy) is 1. The number of alkyl halides is 3. The highest BCUT2D eigenvalue weighted by Crippen LogP contribution is 2.48. The first-order valence-corrected chi connectivity index (χ1v) is 11.1. The molecule has 2 heterocycles. The highest BCUT2D eigenvalue weighted by atomic mass is 35.5. The van der Waals surface area contributed by atoms with Crippen molar-refractivity contribution in [2.45, 2.75) is 38.0 Å². The summed E-state index contributed by atoms with van der Waals surface area (Å²) in [6.45, 7) is 1.07. The molecule has 1 saturated carbocycles. The van der Waals surface area contributed by atoms with E-state index in [9.17, 15) is 31.9 Å². The van der Waals surface area contributed by atoms with Crippen molar-refractivity contribution in [1.29, 1.82) is 0 Å². The molecule has 0 radical (unpaired) electrons. The van der Waals surface area contributed by atoms with Crippen LogP contribution in [0.15, 0.2) is 36.5 Å². The van der Waals surface area contributed by atoms with Crippen LogP contribution in [0, 0.1) is 11.7 Å². The number of halogens is 5. The lowest BCUT2D eigenvalue weighted by atomic mass is 9.65. The maximum Gasteiger partial charge on any atom is 0.416 e. The third-order valence-corrected chi connectivity index (χ3v) is 6.42. The molecule has 35 heavy (non-hydrogen) atoms. The predicted molar refractivity (Wildman–Crippen MR) is 116 cm³/mol. The lowest BCUT2D eigenvalue weighted by molar-refractivity contribution is -0.172. The lowest BCUT2D eigenvalue weighted by Crippen LogP contribution is -2.73. The molecular weight excluding hydrogens is 494 g/mol. The Morgan fingerprint density at radius 1 is 1.23 bits per heavy atom. The summed E-state index contributed by atoms with van der Waals surface area (Å²) in [6, 6.07) is 5.19. The number of esters is 1. The Bertz CT molecular complexity index is 1170. The van der Waals surface area contributed by atoms with Gasteiger partial charge in [-0.15, -0.1) is 0 Å². The normalized spacial score (nSPS) is 22.4. The number of aromatic nitrogens is 1. The molecule has 2 aromatic rings. The summed E-state index contributed by atoms with van der Waals surface area (Å²) in [6.07, 6.45) is -3.51. The van der Waals surface area contributed by atoms with Gasteiger partial charge < -0.3 is 9.64 Å². The molecule has 2 aliphatic rings. The van der Waals surface area contributed by atoms with E-state index >= 15 is 0 Å². The van der Waals surface area contributed by atoms with E-state index in [1.807, 2.05) is 0 Å². The molecule has 1 saturated heterocycles. The van der Waals surface area contributed by atoms with E-state index in [-0.39, 0.29) is 36.8 Å². The van der Waals surface area contributed by atoms with Crippen molar-refractivity contribution < 1.29 is 36.7 Å². The first-order chi connectivity index (χ1) is 16.5. The van der Waals surface area contributed by atoms with Crippen LogP contribution in [0.5, 0.6) is 0 Å². The first kappa shape index (κ1) is 24.9. The molecule has 0 bridgehead atoms. The molecule has 1 aliphatic heterocycles. The van der Waals surface area contributed by atoms with Gasteiger partial charge in [0.05, 0.1) is 23.1 Å². The monoisotopic (exact) mass is 513 g/mol. The van der Waals surface area contributed by atoms with Gasteiger partial charge in [-0.2, -0.15) is 13.2 Å². The van der Waals surface area contributed by atoms with Crippen molar-refractivity contribution in [3.8, 4) is 0 Å². The number of anilines is 1. The number of pyridine rings is 1. The Labute approximate surface area is 202 Å². The maximum atomic E-state index is 14.6. The number of hydrogen-bond acceptors (Lipinski definition) is 5. The van der Waals surface area contributed by atoms with E-state index in [1.165, 1.54) is 17.0 Å². The number of nitrogens with zero attached hydrogens (tertiary/aromatic N) is 3. The molecule has 0 N–H and O–H groups in total. The number of carbonyl (C=O) groups excluding carboxylic acids is 3. The van der Waals surface area contributed by atoms with Crippen LogP contribution in [-0.2, 0) is 31.8 Å². The molecular formula is C23H20ClF4N3O4. The van der Waals surface area contributed by atoms with Crippen molar-refractivity contribution >= 4 is 35.2 Å². The predicted octanol–water partition coefficient (Wildman–Crippen LogP) is 3.98. The summed E-state index contributed by atoms with van der Waals surface area (Å²) >= 11 is 5.75. The third kappa shape index (κ3) is 4.56. The molecule has 1 aromatic carbocycles. The van der Waals surface area contributed by atoms with Gasteiger partial charge in [0.1, 0.15) is 12.1 Å². The molecule has 1 aromatic heterocycles. The smallest absolute Gasteiger partial charge is 0.416 e. The maximum absolute atomic E-state index is 14.6. The second kappa shape index (κ2) is 9.10. The second-order valence-corrected chi connectivity index (χ2v) is 8.85. The fraction of sp³-hybridized carbons (Fsp3) is 0.391. The SMILES string of the molecule is CCOC(=O)[C@H]1C[C@@]2(C1)C(=O)N(c1ncc(Cl)cc1F)CC(=O)N2Cc1ccc(C(F)(F)F)cc1. The Morgan fingerprint density at radius 3 is 2.46 bits per heavy atom. The average molecular weight is 514 g/mol. The van der Waals surface area contributed by atoms with E-state index < -0.39 is 53.3 Å². The summed E-state index contributed by atoms with van der Waals surface area (Å²) < 4.78 is 58.3. The minimum atomic E-state index is -4.52. The van der Waals surface area contributed by atoms with Crippen molar-refractivity contribution in [2.24, 2.45) is 5.92 Å². The van der Waals surface area contributed by atoms with Crippen LogP contribution in [0.2, 0.25) is 5.02 Å². The van der Waals surface area contributed by atoms with Crippen LogP contribution in [0.25, 0.3) is 0 Å². The summed E-state index contributed by atoms with van der Waals surface area (Å²) in [5, 5.41) is 0.00620. The van der Waals surface area contributed by atoms with Gasteiger partial charge in [-0.3, -0.25) is 19.3 Å².